The van der Waals surface area contributed by atoms with E-state index < -0.39 is 11.0 Å². The number of aromatic nitrogens is 1. The van der Waals surface area contributed by atoms with Crippen molar-refractivity contribution in [1.29, 1.82) is 0 Å². The predicted octanol–water partition coefficient (Wildman–Crippen LogP) is 4.02. The normalized spacial score (nSPS) is 19.0. The molecule has 2 aliphatic rings. The lowest BCUT2D eigenvalue weighted by atomic mass is 9.76. The van der Waals surface area contributed by atoms with Crippen molar-refractivity contribution in [2.75, 3.05) is 32.9 Å². The lowest BCUT2D eigenvalue weighted by Crippen LogP contribution is -2.37. The molecule has 2 heterocycles. The van der Waals surface area contributed by atoms with Crippen LogP contribution in [0.3, 0.4) is 0 Å². The van der Waals surface area contributed by atoms with Crippen molar-refractivity contribution >= 4 is 34.5 Å². The number of ketones is 1. The third-order valence-corrected chi connectivity index (χ3v) is 8.90. The van der Waals surface area contributed by atoms with E-state index in [9.17, 15) is 13.8 Å². The molecule has 0 spiro atoms. The van der Waals surface area contributed by atoms with Gasteiger partial charge in [0.25, 0.3) is 0 Å². The molecule has 1 aliphatic carbocycles. The van der Waals surface area contributed by atoms with Gasteiger partial charge in [0.1, 0.15) is 17.5 Å². The summed E-state index contributed by atoms with van der Waals surface area (Å²) < 4.78 is 27.3. The van der Waals surface area contributed by atoms with Gasteiger partial charge in [-0.1, -0.05) is 25.6 Å². The molecule has 0 amide bonds. The summed E-state index contributed by atoms with van der Waals surface area (Å²) in [7, 11) is -1.22. The predicted molar refractivity (Wildman–Crippen MR) is 132 cm³/mol. The molecule has 1 unspecified atom stereocenters. The first-order valence-corrected chi connectivity index (χ1v) is 13.6. The van der Waals surface area contributed by atoms with Gasteiger partial charge in [0, 0.05) is 40.7 Å². The summed E-state index contributed by atoms with van der Waals surface area (Å²) in [6, 6.07) is 7.67. The number of carbonyl (C=O) groups is 2. The van der Waals surface area contributed by atoms with Crippen LogP contribution in [0, 0.1) is 12.3 Å². The van der Waals surface area contributed by atoms with E-state index in [0.29, 0.717) is 39.3 Å². The summed E-state index contributed by atoms with van der Waals surface area (Å²) in [4.78, 5) is 28.1. The molecule has 1 aromatic carbocycles. The van der Waals surface area contributed by atoms with Crippen LogP contribution in [0.25, 0.3) is 0 Å². The molecule has 1 atom stereocenters. The molecule has 0 N–H and O–H groups in total. The Balaban J connectivity index is 1.63. The minimum absolute atomic E-state index is 0.101. The van der Waals surface area contributed by atoms with Crippen molar-refractivity contribution in [1.82, 2.24) is 8.87 Å². The van der Waals surface area contributed by atoms with Crippen LogP contribution in [-0.4, -0.2) is 57.7 Å². The molecule has 9 heteroatoms. The van der Waals surface area contributed by atoms with E-state index in [0.717, 1.165) is 38.1 Å². The highest BCUT2D eigenvalue weighted by Crippen LogP contribution is 2.44. The van der Waals surface area contributed by atoms with Gasteiger partial charge in [-0.15, -0.1) is 0 Å². The highest BCUT2D eigenvalue weighted by molar-refractivity contribution is 7.99. The zero-order valence-electron chi connectivity index (χ0n) is 20.2. The number of fused-ring (bicyclic) bond motifs is 1. The molecule has 1 saturated heterocycles. The van der Waals surface area contributed by atoms with Crippen molar-refractivity contribution in [2.24, 2.45) is 5.41 Å². The number of carbonyl (C=O) groups excluding carboxylic acids is 2. The third-order valence-electron chi connectivity index (χ3n) is 6.18. The summed E-state index contributed by atoms with van der Waals surface area (Å²) in [5.74, 6) is -0.185. The second-order valence-electron chi connectivity index (χ2n) is 9.43. The van der Waals surface area contributed by atoms with Crippen molar-refractivity contribution in [3.8, 4) is 0 Å². The first kappa shape index (κ1) is 25.2. The average molecular weight is 505 g/mol. The number of nitrogens with zero attached hydrogens (tertiary/aromatic N) is 2. The van der Waals surface area contributed by atoms with Crippen LogP contribution in [0.4, 0.5) is 0 Å². The monoisotopic (exact) mass is 504 g/mol. The molecule has 1 fully saturated rings. The fourth-order valence-electron chi connectivity index (χ4n) is 4.56. The number of hydrogen-bond donors (Lipinski definition) is 0. The van der Waals surface area contributed by atoms with Crippen molar-refractivity contribution in [3.63, 3.8) is 0 Å². The van der Waals surface area contributed by atoms with E-state index >= 15 is 0 Å². The lowest BCUT2D eigenvalue weighted by Gasteiger charge is -2.30. The van der Waals surface area contributed by atoms with Gasteiger partial charge >= 0.3 is 5.97 Å². The Morgan fingerprint density at radius 1 is 1.18 bits per heavy atom. The number of benzene rings is 1. The van der Waals surface area contributed by atoms with E-state index in [1.807, 2.05) is 40.1 Å². The minimum atomic E-state index is -1.22. The van der Waals surface area contributed by atoms with Gasteiger partial charge in [-0.3, -0.25) is 9.59 Å². The summed E-state index contributed by atoms with van der Waals surface area (Å²) in [6.45, 7) is 10.9. The summed E-state index contributed by atoms with van der Waals surface area (Å²) >= 11 is 1.52. The van der Waals surface area contributed by atoms with Crippen LogP contribution >= 0.6 is 11.8 Å². The Bertz CT molecular complexity index is 1100. The fraction of sp³-hybridized carbons (Fsp3) is 0.520. The zero-order valence-corrected chi connectivity index (χ0v) is 21.9. The third kappa shape index (κ3) is 5.32. The van der Waals surface area contributed by atoms with Gasteiger partial charge in [0.2, 0.25) is 0 Å². The molecule has 2 aromatic rings. The maximum absolute atomic E-state index is 13.2. The van der Waals surface area contributed by atoms with E-state index in [2.05, 4.69) is 13.8 Å². The van der Waals surface area contributed by atoms with Crippen molar-refractivity contribution in [3.05, 3.63) is 41.2 Å². The van der Waals surface area contributed by atoms with Crippen LogP contribution in [0.5, 0.6) is 0 Å². The van der Waals surface area contributed by atoms with Gasteiger partial charge in [-0.2, -0.15) is 0 Å². The van der Waals surface area contributed by atoms with Crippen LogP contribution in [-0.2, 0) is 38.2 Å². The molecule has 1 aromatic heterocycles. The second-order valence-corrected chi connectivity index (χ2v) is 12.0. The Labute approximate surface area is 207 Å². The summed E-state index contributed by atoms with van der Waals surface area (Å²) in [5.41, 5.74) is 2.38. The van der Waals surface area contributed by atoms with Gasteiger partial charge in [0.15, 0.2) is 5.78 Å². The molecule has 7 nitrogen and oxygen atoms in total. The minimum Gasteiger partial charge on any atom is -0.465 e. The highest BCUT2D eigenvalue weighted by Gasteiger charge is 2.37. The molecule has 0 radical (unpaired) electrons. The zero-order chi connectivity index (χ0) is 24.5. The van der Waals surface area contributed by atoms with Crippen LogP contribution in [0.2, 0.25) is 0 Å². The summed E-state index contributed by atoms with van der Waals surface area (Å²) in [5, 5.41) is 0. The molecular weight excluding hydrogens is 472 g/mol. The number of ether oxygens (including phenoxy) is 2. The quantitative estimate of drug-likeness (QED) is 0.530. The maximum Gasteiger partial charge on any atom is 0.325 e. The first-order chi connectivity index (χ1) is 16.2. The second kappa shape index (κ2) is 10.4. The summed E-state index contributed by atoms with van der Waals surface area (Å²) in [6.07, 6.45) is 1.21. The molecule has 0 bridgehead atoms. The topological polar surface area (TPSA) is 77.8 Å². The maximum atomic E-state index is 13.2. The Kier molecular flexibility index (Phi) is 7.66. The number of esters is 1. The Hall–Kier alpha value is -1.94. The molecule has 0 saturated carbocycles. The van der Waals surface area contributed by atoms with E-state index in [1.54, 1.807) is 6.92 Å². The molecule has 34 heavy (non-hydrogen) atoms. The molecule has 184 valence electrons. The van der Waals surface area contributed by atoms with Crippen molar-refractivity contribution < 1.29 is 23.3 Å². The van der Waals surface area contributed by atoms with E-state index in [4.69, 9.17) is 9.47 Å². The number of rotatable bonds is 7. The van der Waals surface area contributed by atoms with Gasteiger partial charge < -0.3 is 14.0 Å². The van der Waals surface area contributed by atoms with E-state index in [1.165, 1.54) is 11.8 Å². The fourth-order valence-corrected chi connectivity index (χ4v) is 6.81. The average Bonchev–Trinajstić information content (AvgIpc) is 3.04. The Morgan fingerprint density at radius 3 is 2.50 bits per heavy atom. The van der Waals surface area contributed by atoms with Gasteiger partial charge in [0.05, 0.1) is 30.3 Å². The van der Waals surface area contributed by atoms with Crippen molar-refractivity contribution in [2.45, 2.75) is 61.8 Å². The molecule has 1 aliphatic heterocycles. The molecule has 4 rings (SSSR count). The first-order valence-electron chi connectivity index (χ1n) is 11.6. The number of Topliss-reactive ketones (excluding diaryl/α,β-unsaturated/α-hetero) is 1. The van der Waals surface area contributed by atoms with Crippen LogP contribution in [0.15, 0.2) is 39.0 Å². The largest absolute Gasteiger partial charge is 0.465 e. The number of morpholine rings is 1. The van der Waals surface area contributed by atoms with Crippen LogP contribution < -0.4 is 0 Å². The lowest BCUT2D eigenvalue weighted by molar-refractivity contribution is -0.143. The van der Waals surface area contributed by atoms with Gasteiger partial charge in [-0.25, -0.2) is 8.51 Å². The van der Waals surface area contributed by atoms with E-state index in [-0.39, 0.29) is 23.7 Å². The van der Waals surface area contributed by atoms with Crippen LogP contribution in [0.1, 0.15) is 48.9 Å². The Morgan fingerprint density at radius 2 is 1.85 bits per heavy atom. The van der Waals surface area contributed by atoms with Gasteiger partial charge in [-0.05, 0) is 49.9 Å². The SMILES string of the molecule is CCOC(=O)Cn1c(C)c(Sc2ccc(S(=O)N3CCOCC3)cc2)c2c1CC(C)(C)CC2=O. The highest BCUT2D eigenvalue weighted by atomic mass is 32.2. The standard InChI is InChI=1S/C25H32N2O5S2/c1-5-32-22(29)16-27-17(2)24(23-20(27)14-25(3,4)15-21(23)28)33-18-6-8-19(9-7-18)34(30)26-10-12-31-13-11-26/h6-9H,5,10-16H2,1-4H3. The molecular formula is C25H32N2O5S2. The smallest absolute Gasteiger partial charge is 0.325 e. The number of hydrogen-bond acceptors (Lipinski definition) is 6.